The van der Waals surface area contributed by atoms with Crippen molar-refractivity contribution in [3.05, 3.63) is 71.8 Å². The van der Waals surface area contributed by atoms with Gasteiger partial charge in [-0.1, -0.05) is 54.1 Å². The Balaban J connectivity index is 1.92. The second-order valence-corrected chi connectivity index (χ2v) is 6.23. The van der Waals surface area contributed by atoms with Crippen molar-refractivity contribution >= 4 is 31.5 Å². The minimum absolute atomic E-state index is 0.453. The summed E-state index contributed by atoms with van der Waals surface area (Å²) in [5.41, 5.74) is 2.76. The molecule has 0 nitrogen and oxygen atoms in total. The fraction of sp³-hybridized carbons (Fsp3) is 0.111. The lowest BCUT2D eigenvalue weighted by molar-refractivity contribution is 1.11. The Kier molecular flexibility index (Phi) is 2.36. The zero-order valence-corrected chi connectivity index (χ0v) is 11.6. The molecule has 1 aliphatic rings. The highest BCUT2D eigenvalue weighted by molar-refractivity contribution is 7.25. The molecule has 0 N–H and O–H groups in total. The maximum atomic E-state index is 2.35. The van der Waals surface area contributed by atoms with Crippen LogP contribution in [0.15, 0.2) is 66.3 Å². The molecular formula is C18H14S. The van der Waals surface area contributed by atoms with E-state index in [-0.39, 0.29) is 0 Å². The minimum atomic E-state index is 0.453. The molecule has 0 amide bonds. The molecule has 0 saturated heterocycles. The van der Waals surface area contributed by atoms with E-state index in [1.165, 1.54) is 31.3 Å². The van der Waals surface area contributed by atoms with E-state index in [9.17, 15) is 0 Å². The van der Waals surface area contributed by atoms with Gasteiger partial charge in [-0.2, -0.15) is 0 Å². The van der Waals surface area contributed by atoms with Crippen LogP contribution in [0.5, 0.6) is 0 Å². The summed E-state index contributed by atoms with van der Waals surface area (Å²) in [7, 11) is 0. The molecule has 19 heavy (non-hydrogen) atoms. The van der Waals surface area contributed by atoms with E-state index in [1.807, 2.05) is 11.3 Å². The Morgan fingerprint density at radius 2 is 1.79 bits per heavy atom. The van der Waals surface area contributed by atoms with Gasteiger partial charge in [-0.25, -0.2) is 0 Å². The van der Waals surface area contributed by atoms with Crippen LogP contribution < -0.4 is 0 Å². The van der Waals surface area contributed by atoms with E-state index in [2.05, 4.69) is 67.6 Å². The maximum Gasteiger partial charge on any atom is 0.0358 e. The molecule has 92 valence electrons. The average molecular weight is 262 g/mol. The molecule has 3 aromatic rings. The third-order valence-corrected chi connectivity index (χ3v) is 4.93. The normalized spacial score (nSPS) is 18.4. The predicted molar refractivity (Wildman–Crippen MR) is 85.0 cm³/mol. The Labute approximate surface area is 116 Å². The first kappa shape index (κ1) is 11.0. The molecule has 1 heterocycles. The number of thiophene rings is 1. The van der Waals surface area contributed by atoms with Gasteiger partial charge in [0, 0.05) is 26.1 Å². The van der Waals surface area contributed by atoms with Crippen LogP contribution in [-0.4, -0.2) is 0 Å². The highest BCUT2D eigenvalue weighted by Crippen LogP contribution is 2.36. The molecule has 0 radical (unpaired) electrons. The van der Waals surface area contributed by atoms with E-state index in [1.54, 1.807) is 0 Å². The molecule has 1 atom stereocenters. The van der Waals surface area contributed by atoms with Crippen LogP contribution in [-0.2, 0) is 0 Å². The first-order valence-corrected chi connectivity index (χ1v) is 7.41. The summed E-state index contributed by atoms with van der Waals surface area (Å²) >= 11 is 1.89. The molecule has 2 aromatic carbocycles. The lowest BCUT2D eigenvalue weighted by Gasteiger charge is -2.05. The molecule has 1 heteroatoms. The van der Waals surface area contributed by atoms with E-state index in [0.29, 0.717) is 5.92 Å². The molecule has 0 fully saturated rings. The Bertz CT molecular complexity index is 833. The number of rotatable bonds is 1. The first-order chi connectivity index (χ1) is 9.31. The van der Waals surface area contributed by atoms with Crippen LogP contribution >= 0.6 is 11.3 Å². The molecule has 0 aliphatic heterocycles. The highest BCUT2D eigenvalue weighted by atomic mass is 32.1. The van der Waals surface area contributed by atoms with E-state index in [4.69, 9.17) is 0 Å². The van der Waals surface area contributed by atoms with Crippen molar-refractivity contribution in [1.82, 2.24) is 0 Å². The molecule has 0 saturated carbocycles. The monoisotopic (exact) mass is 262 g/mol. The molecule has 4 rings (SSSR count). The summed E-state index contributed by atoms with van der Waals surface area (Å²) in [5.74, 6) is 0.453. The van der Waals surface area contributed by atoms with Crippen LogP contribution in [0.25, 0.3) is 20.2 Å². The van der Waals surface area contributed by atoms with Crippen LogP contribution in [0.2, 0.25) is 0 Å². The van der Waals surface area contributed by atoms with Gasteiger partial charge in [-0.05, 0) is 24.6 Å². The zero-order valence-electron chi connectivity index (χ0n) is 10.8. The highest BCUT2D eigenvalue weighted by Gasteiger charge is 2.12. The van der Waals surface area contributed by atoms with Gasteiger partial charge >= 0.3 is 0 Å². The van der Waals surface area contributed by atoms with Gasteiger partial charge < -0.3 is 0 Å². The van der Waals surface area contributed by atoms with Crippen molar-refractivity contribution in [3.8, 4) is 0 Å². The fourth-order valence-corrected chi connectivity index (χ4v) is 3.96. The van der Waals surface area contributed by atoms with Gasteiger partial charge in [0.25, 0.3) is 0 Å². The Morgan fingerprint density at radius 1 is 0.947 bits per heavy atom. The average Bonchev–Trinajstić information content (AvgIpc) is 3.01. The number of benzene rings is 2. The summed E-state index contributed by atoms with van der Waals surface area (Å²) < 4.78 is 2.77. The van der Waals surface area contributed by atoms with Crippen molar-refractivity contribution in [2.24, 2.45) is 0 Å². The van der Waals surface area contributed by atoms with Crippen molar-refractivity contribution in [2.75, 3.05) is 0 Å². The number of fused-ring (bicyclic) bond motifs is 3. The molecule has 1 unspecified atom stereocenters. The van der Waals surface area contributed by atoms with Crippen molar-refractivity contribution in [1.29, 1.82) is 0 Å². The quantitative estimate of drug-likeness (QED) is 0.531. The van der Waals surface area contributed by atoms with Gasteiger partial charge in [0.05, 0.1) is 0 Å². The zero-order chi connectivity index (χ0) is 12.8. The summed E-state index contributed by atoms with van der Waals surface area (Å²) in [6, 6.07) is 15.6. The SMILES string of the molecule is CC1=CC(c2ccc3c(c2)sc2ccccc23)C=C1. The molecular weight excluding hydrogens is 248 g/mol. The summed E-state index contributed by atoms with van der Waals surface area (Å²) in [4.78, 5) is 0. The second-order valence-electron chi connectivity index (χ2n) is 5.15. The summed E-state index contributed by atoms with van der Waals surface area (Å²) in [6.07, 6.45) is 6.82. The van der Waals surface area contributed by atoms with E-state index < -0.39 is 0 Å². The largest absolute Gasteiger partial charge is 0.135 e. The van der Waals surface area contributed by atoms with E-state index in [0.717, 1.165) is 0 Å². The van der Waals surface area contributed by atoms with Crippen LogP contribution in [0.1, 0.15) is 18.4 Å². The predicted octanol–water partition coefficient (Wildman–Crippen LogP) is 5.65. The molecule has 1 aromatic heterocycles. The summed E-state index contributed by atoms with van der Waals surface area (Å²) in [5, 5.41) is 2.76. The number of hydrogen-bond acceptors (Lipinski definition) is 1. The molecule has 0 bridgehead atoms. The van der Waals surface area contributed by atoms with Crippen molar-refractivity contribution < 1.29 is 0 Å². The smallest absolute Gasteiger partial charge is 0.0358 e. The van der Waals surface area contributed by atoms with Crippen LogP contribution in [0, 0.1) is 0 Å². The van der Waals surface area contributed by atoms with Crippen molar-refractivity contribution in [2.45, 2.75) is 12.8 Å². The lowest BCUT2D eigenvalue weighted by atomic mass is 9.99. The fourth-order valence-electron chi connectivity index (χ4n) is 2.81. The van der Waals surface area contributed by atoms with Gasteiger partial charge in [0.2, 0.25) is 0 Å². The topological polar surface area (TPSA) is 0 Å². The van der Waals surface area contributed by atoms with E-state index >= 15 is 0 Å². The second kappa shape index (κ2) is 4.07. The molecule has 0 spiro atoms. The number of allylic oxidation sites excluding steroid dienone is 4. The number of hydrogen-bond donors (Lipinski definition) is 0. The van der Waals surface area contributed by atoms with Crippen molar-refractivity contribution in [3.63, 3.8) is 0 Å². The molecule has 1 aliphatic carbocycles. The maximum absolute atomic E-state index is 2.35. The van der Waals surface area contributed by atoms with Gasteiger partial charge in [-0.15, -0.1) is 11.3 Å². The standard InChI is InChI=1S/C18H14S/c1-12-6-7-13(10-12)14-8-9-16-15-4-2-3-5-17(15)19-18(16)11-14/h2-11,13H,1H3. The first-order valence-electron chi connectivity index (χ1n) is 6.59. The van der Waals surface area contributed by atoms with Crippen LogP contribution in [0.3, 0.4) is 0 Å². The third kappa shape index (κ3) is 1.73. The van der Waals surface area contributed by atoms with Gasteiger partial charge in [0.1, 0.15) is 0 Å². The Morgan fingerprint density at radius 3 is 2.63 bits per heavy atom. The van der Waals surface area contributed by atoms with Crippen LogP contribution in [0.4, 0.5) is 0 Å². The Hall–Kier alpha value is -1.86. The minimum Gasteiger partial charge on any atom is -0.135 e. The van der Waals surface area contributed by atoms with Gasteiger partial charge in [0.15, 0.2) is 0 Å². The third-order valence-electron chi connectivity index (χ3n) is 3.80. The lowest BCUT2D eigenvalue weighted by Crippen LogP contribution is -1.87. The summed E-state index contributed by atoms with van der Waals surface area (Å²) in [6.45, 7) is 2.16. The van der Waals surface area contributed by atoms with Gasteiger partial charge in [-0.3, -0.25) is 0 Å².